The van der Waals surface area contributed by atoms with Crippen LogP contribution < -0.4 is 0 Å². The van der Waals surface area contributed by atoms with Gasteiger partial charge in [-0.05, 0) is 42.3 Å². The van der Waals surface area contributed by atoms with Crippen molar-refractivity contribution in [3.8, 4) is 0 Å². The average molecular weight is 329 g/mol. The smallest absolute Gasteiger partial charge is 0.335 e. The number of carbonyl (C=O) groups is 1. The number of hydrogen-bond donors (Lipinski definition) is 1. The van der Waals surface area contributed by atoms with Crippen molar-refractivity contribution in [1.82, 2.24) is 9.55 Å². The number of benzene rings is 2. The molecule has 1 aromatic heterocycles. The fourth-order valence-electron chi connectivity index (χ4n) is 2.71. The summed E-state index contributed by atoms with van der Waals surface area (Å²) >= 11 is 6.07. The van der Waals surface area contributed by atoms with Gasteiger partial charge in [-0.3, -0.25) is 0 Å². The van der Waals surface area contributed by atoms with Gasteiger partial charge in [-0.25, -0.2) is 9.78 Å². The van der Waals surface area contributed by atoms with Crippen LogP contribution in [0.3, 0.4) is 0 Å². The first-order chi connectivity index (χ1) is 11.1. The van der Waals surface area contributed by atoms with Gasteiger partial charge in [0.1, 0.15) is 5.82 Å². The number of aryl methyl sites for hydroxylation is 1. The quantitative estimate of drug-likeness (QED) is 0.755. The van der Waals surface area contributed by atoms with Crippen LogP contribution in [0.15, 0.2) is 42.5 Å². The molecule has 1 N–H and O–H groups in total. The standard InChI is InChI=1S/C18H17ClN2O2/c1-2-4-17-20-15-8-7-13(18(22)23)10-16(15)21(17)11-12-5-3-6-14(19)9-12/h3,5-10H,2,4,11H2,1H3,(H,22,23). The maximum absolute atomic E-state index is 11.2. The first-order valence-corrected chi connectivity index (χ1v) is 7.93. The summed E-state index contributed by atoms with van der Waals surface area (Å²) < 4.78 is 2.08. The lowest BCUT2D eigenvalue weighted by atomic mass is 10.2. The molecule has 0 bridgehead atoms. The van der Waals surface area contributed by atoms with Crippen molar-refractivity contribution in [3.05, 3.63) is 64.4 Å². The summed E-state index contributed by atoms with van der Waals surface area (Å²) in [5.41, 5.74) is 3.00. The molecule has 0 aliphatic carbocycles. The summed E-state index contributed by atoms with van der Waals surface area (Å²) in [7, 11) is 0. The Morgan fingerprint density at radius 3 is 2.78 bits per heavy atom. The van der Waals surface area contributed by atoms with Gasteiger partial charge in [0.25, 0.3) is 0 Å². The van der Waals surface area contributed by atoms with Crippen molar-refractivity contribution in [2.75, 3.05) is 0 Å². The van der Waals surface area contributed by atoms with Gasteiger partial charge in [-0.1, -0.05) is 30.7 Å². The number of carboxylic acids is 1. The Balaban J connectivity index is 2.12. The predicted molar refractivity (Wildman–Crippen MR) is 91.2 cm³/mol. The molecule has 118 valence electrons. The number of halogens is 1. The highest BCUT2D eigenvalue weighted by Crippen LogP contribution is 2.22. The summed E-state index contributed by atoms with van der Waals surface area (Å²) in [5, 5.41) is 9.91. The highest BCUT2D eigenvalue weighted by Gasteiger charge is 2.13. The van der Waals surface area contributed by atoms with Crippen LogP contribution >= 0.6 is 11.6 Å². The van der Waals surface area contributed by atoms with Gasteiger partial charge in [0, 0.05) is 18.0 Å². The Morgan fingerprint density at radius 2 is 2.09 bits per heavy atom. The van der Waals surface area contributed by atoms with Crippen LogP contribution in [0, 0.1) is 0 Å². The Hall–Kier alpha value is -2.33. The average Bonchev–Trinajstić information content (AvgIpc) is 2.85. The highest BCUT2D eigenvalue weighted by atomic mass is 35.5. The summed E-state index contributed by atoms with van der Waals surface area (Å²) in [4.78, 5) is 15.9. The monoisotopic (exact) mass is 328 g/mol. The van der Waals surface area contributed by atoms with E-state index in [0.29, 0.717) is 11.6 Å². The van der Waals surface area contributed by atoms with Crippen LogP contribution in [0.2, 0.25) is 5.02 Å². The largest absolute Gasteiger partial charge is 0.478 e. The molecule has 5 heteroatoms. The van der Waals surface area contributed by atoms with Gasteiger partial charge in [-0.15, -0.1) is 0 Å². The minimum Gasteiger partial charge on any atom is -0.478 e. The van der Waals surface area contributed by atoms with Gasteiger partial charge >= 0.3 is 5.97 Å². The molecular formula is C18H17ClN2O2. The minimum absolute atomic E-state index is 0.271. The zero-order chi connectivity index (χ0) is 16.4. The molecule has 1 heterocycles. The summed E-state index contributed by atoms with van der Waals surface area (Å²) in [5.74, 6) is 0.0319. The third-order valence-electron chi connectivity index (χ3n) is 3.78. The van der Waals surface area contributed by atoms with E-state index in [9.17, 15) is 9.90 Å². The van der Waals surface area contributed by atoms with E-state index >= 15 is 0 Å². The second kappa shape index (κ2) is 6.42. The number of rotatable bonds is 5. The normalized spacial score (nSPS) is 11.0. The molecule has 0 amide bonds. The van der Waals surface area contributed by atoms with Gasteiger partial charge in [-0.2, -0.15) is 0 Å². The molecule has 3 aromatic rings. The molecule has 2 aromatic carbocycles. The minimum atomic E-state index is -0.931. The van der Waals surface area contributed by atoms with Gasteiger partial charge in [0.2, 0.25) is 0 Å². The molecule has 0 saturated heterocycles. The Labute approximate surface area is 139 Å². The zero-order valence-corrected chi connectivity index (χ0v) is 13.5. The van der Waals surface area contributed by atoms with Crippen molar-refractivity contribution >= 4 is 28.6 Å². The second-order valence-corrected chi connectivity index (χ2v) is 5.94. The van der Waals surface area contributed by atoms with Gasteiger partial charge < -0.3 is 9.67 Å². The SMILES string of the molecule is CCCc1nc2ccc(C(=O)O)cc2n1Cc1cccc(Cl)c1. The molecule has 0 fully saturated rings. The van der Waals surface area contributed by atoms with Crippen LogP contribution in [0.1, 0.15) is 35.1 Å². The Kier molecular flexibility index (Phi) is 4.35. The van der Waals surface area contributed by atoms with Crippen LogP contribution in [-0.2, 0) is 13.0 Å². The van der Waals surface area contributed by atoms with E-state index in [1.54, 1.807) is 18.2 Å². The maximum Gasteiger partial charge on any atom is 0.335 e. The number of imidazole rings is 1. The first-order valence-electron chi connectivity index (χ1n) is 7.55. The summed E-state index contributed by atoms with van der Waals surface area (Å²) in [6.45, 7) is 2.72. The molecule has 3 rings (SSSR count). The molecular weight excluding hydrogens is 312 g/mol. The predicted octanol–water partition coefficient (Wildman–Crippen LogP) is 4.39. The van der Waals surface area contributed by atoms with Gasteiger partial charge in [0.05, 0.1) is 16.6 Å². The lowest BCUT2D eigenvalue weighted by Gasteiger charge is -2.09. The zero-order valence-electron chi connectivity index (χ0n) is 12.8. The van der Waals surface area contributed by atoms with Gasteiger partial charge in [0.15, 0.2) is 0 Å². The van der Waals surface area contributed by atoms with Crippen molar-refractivity contribution < 1.29 is 9.90 Å². The number of hydrogen-bond acceptors (Lipinski definition) is 2. The summed E-state index contributed by atoms with van der Waals surface area (Å²) in [6, 6.07) is 12.7. The highest BCUT2D eigenvalue weighted by molar-refractivity contribution is 6.30. The fraction of sp³-hybridized carbons (Fsp3) is 0.222. The van der Waals surface area contributed by atoms with E-state index in [1.165, 1.54) is 0 Å². The van der Waals surface area contributed by atoms with Crippen LogP contribution in [0.4, 0.5) is 0 Å². The molecule has 0 aliphatic heterocycles. The fourth-order valence-corrected chi connectivity index (χ4v) is 2.93. The summed E-state index contributed by atoms with van der Waals surface area (Å²) in [6.07, 6.45) is 1.82. The van der Waals surface area contributed by atoms with E-state index in [0.717, 1.165) is 35.3 Å². The number of carboxylic acid groups (broad SMARTS) is 1. The molecule has 0 atom stereocenters. The van der Waals surface area contributed by atoms with E-state index in [2.05, 4.69) is 16.5 Å². The molecule has 0 aliphatic rings. The van der Waals surface area contributed by atoms with E-state index in [-0.39, 0.29) is 5.56 Å². The van der Waals surface area contributed by atoms with Crippen LogP contribution in [0.5, 0.6) is 0 Å². The molecule has 4 nitrogen and oxygen atoms in total. The van der Waals surface area contributed by atoms with Crippen molar-refractivity contribution in [2.24, 2.45) is 0 Å². The lowest BCUT2D eigenvalue weighted by molar-refractivity contribution is 0.0697. The second-order valence-electron chi connectivity index (χ2n) is 5.50. The first kappa shape index (κ1) is 15.6. The number of fused-ring (bicyclic) bond motifs is 1. The Morgan fingerprint density at radius 1 is 1.26 bits per heavy atom. The number of aromatic carboxylic acids is 1. The molecule has 0 saturated carbocycles. The number of nitrogens with zero attached hydrogens (tertiary/aromatic N) is 2. The molecule has 0 spiro atoms. The number of aromatic nitrogens is 2. The third-order valence-corrected chi connectivity index (χ3v) is 4.01. The maximum atomic E-state index is 11.2. The lowest BCUT2D eigenvalue weighted by Crippen LogP contribution is -2.05. The van der Waals surface area contributed by atoms with Crippen LogP contribution in [0.25, 0.3) is 11.0 Å². The molecule has 0 unspecified atom stereocenters. The van der Waals surface area contributed by atoms with Crippen molar-refractivity contribution in [2.45, 2.75) is 26.3 Å². The van der Waals surface area contributed by atoms with E-state index in [4.69, 9.17) is 11.6 Å². The topological polar surface area (TPSA) is 55.1 Å². The Bertz CT molecular complexity index is 871. The molecule has 23 heavy (non-hydrogen) atoms. The van der Waals surface area contributed by atoms with Crippen molar-refractivity contribution in [3.63, 3.8) is 0 Å². The van der Waals surface area contributed by atoms with Crippen molar-refractivity contribution in [1.29, 1.82) is 0 Å². The molecule has 0 radical (unpaired) electrons. The van der Waals surface area contributed by atoms with E-state index < -0.39 is 5.97 Å². The van der Waals surface area contributed by atoms with Crippen LogP contribution in [-0.4, -0.2) is 20.6 Å². The third kappa shape index (κ3) is 3.22. The van der Waals surface area contributed by atoms with E-state index in [1.807, 2.05) is 24.3 Å².